The molecular formula is C64H68F4O20S7+2. The van der Waals surface area contributed by atoms with E-state index in [1.165, 1.54) is 24.5 Å². The topological polar surface area (TPSA) is 301 Å². The zero-order valence-corrected chi connectivity index (χ0v) is 56.1. The minimum atomic E-state index is -5.60. The van der Waals surface area contributed by atoms with Crippen LogP contribution in [0.1, 0.15) is 70.6 Å². The van der Waals surface area contributed by atoms with E-state index in [-0.39, 0.29) is 50.7 Å². The van der Waals surface area contributed by atoms with Crippen LogP contribution in [0.4, 0.5) is 27.2 Å². The lowest BCUT2D eigenvalue weighted by molar-refractivity contribution is -0.0388. The molecule has 10 atom stereocenters. The van der Waals surface area contributed by atoms with E-state index in [4.69, 9.17) is 26.9 Å². The molecule has 7 aliphatic rings. The summed E-state index contributed by atoms with van der Waals surface area (Å²) in [6.45, 7) is -2.00. The third-order valence-corrected chi connectivity index (χ3v) is 29.8. The van der Waals surface area contributed by atoms with Crippen LogP contribution in [-0.2, 0) is 99.4 Å². The molecule has 7 fully saturated rings. The minimum Gasteiger partial charge on any atom is -0.434 e. The Morgan fingerprint density at radius 3 is 1.07 bits per heavy atom. The van der Waals surface area contributed by atoms with Gasteiger partial charge >= 0.3 is 43.1 Å². The zero-order valence-electron chi connectivity index (χ0n) is 50.4. The fraction of sp³-hybridized carbons (Fsp3) is 0.406. The first-order chi connectivity index (χ1) is 45.0. The monoisotopic (exact) mass is 1460 g/mol. The minimum absolute atomic E-state index is 0.0146. The number of sulfone groups is 1. The number of hydrogen-bond acceptors (Lipinski definition) is 18. The molecule has 0 spiro atoms. The third kappa shape index (κ3) is 16.5. The highest BCUT2D eigenvalue weighted by atomic mass is 32.2. The van der Waals surface area contributed by atoms with Crippen LogP contribution in [0.5, 0.6) is 0 Å². The van der Waals surface area contributed by atoms with Gasteiger partial charge in [-0.25, -0.2) is 18.0 Å². The van der Waals surface area contributed by atoms with Crippen molar-refractivity contribution in [3.63, 3.8) is 0 Å². The summed E-state index contributed by atoms with van der Waals surface area (Å²) < 4.78 is 212. The first kappa shape index (κ1) is 71.6. The quantitative estimate of drug-likeness (QED) is 0.0266. The lowest BCUT2D eigenvalue weighted by Gasteiger charge is -2.24. The molecule has 31 heteroatoms. The van der Waals surface area contributed by atoms with Gasteiger partial charge in [-0.15, -0.1) is 0 Å². The van der Waals surface area contributed by atoms with Gasteiger partial charge < -0.3 is 18.9 Å². The molecule has 2 saturated heterocycles. The summed E-state index contributed by atoms with van der Waals surface area (Å²) in [4.78, 5) is 31.2. The Morgan fingerprint density at radius 1 is 0.463 bits per heavy atom. The Bertz CT molecular complexity index is 3950. The van der Waals surface area contributed by atoms with Crippen molar-refractivity contribution in [1.29, 1.82) is 0 Å². The molecule has 2 aliphatic heterocycles. The van der Waals surface area contributed by atoms with Gasteiger partial charge in [-0.3, -0.25) is 17.5 Å². The van der Waals surface area contributed by atoms with Gasteiger partial charge in [0.05, 0.1) is 55.3 Å². The van der Waals surface area contributed by atoms with E-state index in [9.17, 15) is 69.2 Å². The molecule has 10 unspecified atom stereocenters. The SMILES string of the molecule is O=C(OCCC(F)(F)S(=O)(=O)O)OC1C2CC3C1OS(=O)(=O)C3C2.O=C(OCCC(F)(F)S(=O)(=O)O)OC1C2CC3C1OS(=O)(=O)C3C2.O=S(=O)(c1ccc([S+](c2ccccc2)c2ccccc2)cc1)C1CCCCC1.c1ccc([S+](c2ccccc2)c2ccccc2)cc1. The second-order valence-electron chi connectivity index (χ2n) is 23.5. The van der Waals surface area contributed by atoms with E-state index >= 15 is 0 Å². The number of carbonyl (C=O) groups is 2. The fourth-order valence-corrected chi connectivity index (χ4v) is 23.6. The highest BCUT2D eigenvalue weighted by Crippen LogP contribution is 2.57. The average molecular weight is 1460 g/mol. The molecule has 20 nitrogen and oxygen atoms in total. The van der Waals surface area contributed by atoms with Crippen molar-refractivity contribution in [2.24, 2.45) is 23.7 Å². The first-order valence-electron chi connectivity index (χ1n) is 30.2. The summed E-state index contributed by atoms with van der Waals surface area (Å²) in [5.74, 6) is -0.952. The van der Waals surface area contributed by atoms with Gasteiger partial charge in [0, 0.05) is 23.7 Å². The second-order valence-corrected chi connectivity index (χ2v) is 36.5. The molecule has 2 N–H and O–H groups in total. The number of benzene rings is 6. The summed E-state index contributed by atoms with van der Waals surface area (Å²) >= 11 is 0. The number of rotatable bonds is 18. The van der Waals surface area contributed by atoms with E-state index < -0.39 is 134 Å². The maximum absolute atomic E-state index is 13.0. The van der Waals surface area contributed by atoms with Crippen LogP contribution in [-0.4, -0.2) is 127 Å². The summed E-state index contributed by atoms with van der Waals surface area (Å²) in [6.07, 6.45) is -2.42. The molecule has 95 heavy (non-hydrogen) atoms. The summed E-state index contributed by atoms with van der Waals surface area (Å²) in [7, 11) is -22.1. The first-order valence-corrected chi connectivity index (χ1v) is 40.1. The normalized spacial score (nSPS) is 25.3. The van der Waals surface area contributed by atoms with Crippen LogP contribution >= 0.6 is 0 Å². The Hall–Kier alpha value is -6.13. The highest BCUT2D eigenvalue weighted by Gasteiger charge is 2.67. The summed E-state index contributed by atoms with van der Waals surface area (Å²) in [5.41, 5.74) is 0. The van der Waals surface area contributed by atoms with E-state index in [2.05, 4.69) is 149 Å². The molecular weight excluding hydrogens is 1390 g/mol. The van der Waals surface area contributed by atoms with Crippen LogP contribution in [0.25, 0.3) is 0 Å². The van der Waals surface area contributed by atoms with Crippen molar-refractivity contribution >= 4 is 84.4 Å². The summed E-state index contributed by atoms with van der Waals surface area (Å²) in [5, 5.41) is -10.3. The van der Waals surface area contributed by atoms with E-state index in [1.807, 2.05) is 36.4 Å². The predicted octanol–water partition coefficient (Wildman–Crippen LogP) is 11.7. The van der Waals surface area contributed by atoms with Gasteiger partial charge in [0.1, 0.15) is 37.6 Å². The van der Waals surface area contributed by atoms with Crippen LogP contribution in [0.15, 0.2) is 210 Å². The van der Waals surface area contributed by atoms with Crippen molar-refractivity contribution in [2.45, 2.75) is 156 Å². The third-order valence-electron chi connectivity index (χ3n) is 17.5. The Balaban J connectivity index is 0.000000139. The van der Waals surface area contributed by atoms with Gasteiger partial charge in [-0.1, -0.05) is 110 Å². The lowest BCUT2D eigenvalue weighted by Crippen LogP contribution is -2.37. The number of carbonyl (C=O) groups excluding carboxylic acids is 2. The number of hydrogen-bond donors (Lipinski definition) is 2. The molecule has 0 radical (unpaired) electrons. The maximum atomic E-state index is 13.0. The molecule has 5 saturated carbocycles. The van der Waals surface area contributed by atoms with Crippen molar-refractivity contribution < 1.29 is 106 Å². The van der Waals surface area contributed by atoms with Gasteiger partial charge in [-0.2, -0.15) is 51.2 Å². The number of halogens is 4. The molecule has 0 aromatic heterocycles. The molecule has 13 rings (SSSR count). The predicted molar refractivity (Wildman–Crippen MR) is 339 cm³/mol. The van der Waals surface area contributed by atoms with Crippen molar-refractivity contribution in [3.8, 4) is 0 Å². The van der Waals surface area contributed by atoms with Crippen molar-refractivity contribution in [3.05, 3.63) is 176 Å². The molecule has 4 bridgehead atoms. The summed E-state index contributed by atoms with van der Waals surface area (Å²) in [6, 6.07) is 60.6. The van der Waals surface area contributed by atoms with Crippen molar-refractivity contribution in [1.82, 2.24) is 0 Å². The second kappa shape index (κ2) is 29.5. The highest BCUT2D eigenvalue weighted by molar-refractivity contribution is 7.97. The largest absolute Gasteiger partial charge is 0.508 e. The molecule has 6 aromatic rings. The molecule has 2 heterocycles. The number of alkyl halides is 4. The molecule has 5 aliphatic carbocycles. The van der Waals surface area contributed by atoms with Crippen LogP contribution in [0, 0.1) is 23.7 Å². The fourth-order valence-electron chi connectivity index (χ4n) is 13.1. The van der Waals surface area contributed by atoms with E-state index in [1.54, 1.807) is 0 Å². The maximum Gasteiger partial charge on any atom is 0.508 e. The van der Waals surface area contributed by atoms with Gasteiger partial charge in [0.25, 0.3) is 20.2 Å². The van der Waals surface area contributed by atoms with Crippen LogP contribution in [0.3, 0.4) is 0 Å². The molecule has 512 valence electrons. The van der Waals surface area contributed by atoms with Crippen LogP contribution in [0.2, 0.25) is 0 Å². The van der Waals surface area contributed by atoms with Gasteiger partial charge in [-0.05, 0) is 123 Å². The van der Waals surface area contributed by atoms with E-state index in [0.29, 0.717) is 30.6 Å². The number of ether oxygens (including phenoxy) is 4. The van der Waals surface area contributed by atoms with Gasteiger partial charge in [0.15, 0.2) is 39.2 Å². The van der Waals surface area contributed by atoms with Crippen LogP contribution < -0.4 is 0 Å². The Kier molecular flexibility index (Phi) is 22.3. The van der Waals surface area contributed by atoms with Gasteiger partial charge in [0.2, 0.25) is 0 Å². The average Bonchev–Trinajstić information content (AvgIpc) is 1.57. The Labute approximate surface area is 554 Å². The van der Waals surface area contributed by atoms with Crippen molar-refractivity contribution in [2.75, 3.05) is 13.2 Å². The smallest absolute Gasteiger partial charge is 0.434 e. The Morgan fingerprint density at radius 2 is 0.768 bits per heavy atom. The standard InChI is InChI=1S/C24H25O2S2.C18H15S.2C11H14F2O9S2/c25-28(26,23-14-8-3-9-15-23)24-18-16-22(17-19-24)27(20-10-4-1-5-11-20)21-12-6-2-7-13-21;1-4-10-16(11-5-1)19(17-12-6-2-7-13-17)18-14-8-3-9-15-18;2*12-11(13,24(17,18)19)1-2-20-10(14)21-8-5-3-6-7(4-5)23(15,16)22-9(6)8/h1-2,4-7,10-13,16-19,23H,3,8-9,14-15H2;1-15H;2*5-9H,1-4H2,(H,17,18,19)/q2*+1;;. The molecule has 6 aromatic carbocycles. The number of fused-ring (bicyclic) bond motifs is 2. The molecule has 0 amide bonds. The zero-order chi connectivity index (χ0) is 68.1. The lowest BCUT2D eigenvalue weighted by atomic mass is 9.94. The van der Waals surface area contributed by atoms with E-state index in [0.717, 1.165) is 37.0 Å².